The number of halogens is 3. The molecule has 18 heteroatoms. The molecule has 3 rings (SSSR count). The Hall–Kier alpha value is -4.87. The molecule has 0 bridgehead atoms. The molecule has 0 unspecified atom stereocenters. The molecule has 0 spiro atoms. The summed E-state index contributed by atoms with van der Waals surface area (Å²) in [7, 11) is -3.18. The van der Waals surface area contributed by atoms with Crippen molar-refractivity contribution < 1.29 is 50.5 Å². The number of aryl methyl sites for hydroxylation is 1. The molecule has 1 heterocycles. The second-order valence-corrected chi connectivity index (χ2v) is 12.6. The second kappa shape index (κ2) is 14.1. The van der Waals surface area contributed by atoms with Gasteiger partial charge in [0.1, 0.15) is 12.1 Å². The highest BCUT2D eigenvalue weighted by atomic mass is 32.2. The predicted octanol–water partition coefficient (Wildman–Crippen LogP) is 4.96. The molecule has 0 radical (unpaired) electrons. The van der Waals surface area contributed by atoms with Gasteiger partial charge in [-0.1, -0.05) is 43.7 Å². The van der Waals surface area contributed by atoms with E-state index in [2.05, 4.69) is 15.2 Å². The Morgan fingerprint density at radius 1 is 1.09 bits per heavy atom. The third-order valence-corrected chi connectivity index (χ3v) is 7.83. The number of hydrogen-bond donors (Lipinski definition) is 1. The molecule has 0 aliphatic rings. The number of nitrogens with zero attached hydrogens (tertiary/aromatic N) is 5. The van der Waals surface area contributed by atoms with Gasteiger partial charge in [0, 0.05) is 5.56 Å². The molecular formula is C28H33F3N6O8S. The number of rotatable bonds is 12. The van der Waals surface area contributed by atoms with Crippen molar-refractivity contribution in [2.75, 3.05) is 20.4 Å². The number of ether oxygens (including phenoxy) is 2. The SMILES string of the molecule is Cc1ccc(-c2cc(C(F)(F)F)nn2-c2ccc(S(=O)(=O)NC(=O)OCC(C)(C)N(C)[N+]([O-])=NOCOC(=O)C(C)C)cc2)cc1. The summed E-state index contributed by atoms with van der Waals surface area (Å²) >= 11 is 0. The zero-order chi connectivity index (χ0) is 34.4. The van der Waals surface area contributed by atoms with E-state index < -0.39 is 58.8 Å². The van der Waals surface area contributed by atoms with Gasteiger partial charge < -0.3 is 19.5 Å². The van der Waals surface area contributed by atoms with Crippen LogP contribution in [0, 0.1) is 18.0 Å². The first-order chi connectivity index (χ1) is 21.3. The topological polar surface area (TPSA) is 167 Å². The lowest BCUT2D eigenvalue weighted by molar-refractivity contribution is -0.721. The molecule has 0 saturated heterocycles. The molecule has 1 N–H and O–H groups in total. The lowest BCUT2D eigenvalue weighted by Gasteiger charge is -2.30. The zero-order valence-corrected chi connectivity index (χ0v) is 26.5. The number of likely N-dealkylation sites (N-methyl/N-ethyl adjacent to an activating group) is 1. The maximum absolute atomic E-state index is 13.5. The zero-order valence-electron chi connectivity index (χ0n) is 25.7. The molecule has 1 aromatic heterocycles. The van der Waals surface area contributed by atoms with Crippen LogP contribution in [0.15, 0.2) is 64.8 Å². The number of benzene rings is 2. The van der Waals surface area contributed by atoms with E-state index in [1.165, 1.54) is 33.0 Å². The number of esters is 1. The van der Waals surface area contributed by atoms with Gasteiger partial charge in [0.05, 0.1) is 34.2 Å². The maximum atomic E-state index is 13.5. The number of alkyl halides is 3. The van der Waals surface area contributed by atoms with Crippen LogP contribution in [0.2, 0.25) is 0 Å². The van der Waals surface area contributed by atoms with E-state index in [-0.39, 0.29) is 21.2 Å². The summed E-state index contributed by atoms with van der Waals surface area (Å²) in [6, 6.07) is 12.3. The number of carbonyl (C=O) groups is 2. The van der Waals surface area contributed by atoms with E-state index in [0.717, 1.165) is 33.5 Å². The fourth-order valence-corrected chi connectivity index (χ4v) is 4.45. The molecule has 46 heavy (non-hydrogen) atoms. The first kappa shape index (κ1) is 35.6. The molecule has 0 aliphatic carbocycles. The third kappa shape index (κ3) is 9.09. The fraction of sp³-hybridized carbons (Fsp3) is 0.393. The lowest BCUT2D eigenvalue weighted by Crippen LogP contribution is -2.49. The molecule has 1 amide bonds. The van der Waals surface area contributed by atoms with Crippen LogP contribution in [0.1, 0.15) is 39.0 Å². The Morgan fingerprint density at radius 2 is 1.70 bits per heavy atom. The van der Waals surface area contributed by atoms with Gasteiger partial charge in [-0.15, -0.1) is 5.01 Å². The quantitative estimate of drug-likeness (QED) is 0.0695. The summed E-state index contributed by atoms with van der Waals surface area (Å²) in [4.78, 5) is 28.1. The summed E-state index contributed by atoms with van der Waals surface area (Å²) < 4.78 is 78.7. The van der Waals surface area contributed by atoms with Crippen LogP contribution in [-0.2, 0) is 35.3 Å². The highest BCUT2D eigenvalue weighted by molar-refractivity contribution is 7.90. The average molecular weight is 671 g/mol. The first-order valence-electron chi connectivity index (χ1n) is 13.6. The Balaban J connectivity index is 1.67. The van der Waals surface area contributed by atoms with Crippen LogP contribution in [0.4, 0.5) is 18.0 Å². The maximum Gasteiger partial charge on any atom is 0.435 e. The number of amides is 1. The number of aromatic nitrogens is 2. The fourth-order valence-electron chi connectivity index (χ4n) is 3.56. The molecule has 0 aliphatic heterocycles. The van der Waals surface area contributed by atoms with Crippen molar-refractivity contribution in [2.45, 2.75) is 51.2 Å². The van der Waals surface area contributed by atoms with Crippen LogP contribution in [-0.4, -0.2) is 66.2 Å². The molecule has 14 nitrogen and oxygen atoms in total. The van der Waals surface area contributed by atoms with E-state index in [4.69, 9.17) is 9.47 Å². The Morgan fingerprint density at radius 3 is 2.26 bits per heavy atom. The highest BCUT2D eigenvalue weighted by Gasteiger charge is 2.36. The van der Waals surface area contributed by atoms with Gasteiger partial charge in [0.2, 0.25) is 5.28 Å². The largest absolute Gasteiger partial charge is 0.569 e. The number of hydrazine groups is 1. The normalized spacial score (nSPS) is 12.5. The number of carbonyl (C=O) groups excluding carboxylic acids is 2. The lowest BCUT2D eigenvalue weighted by atomic mass is 10.1. The molecule has 0 saturated carbocycles. The van der Waals surface area contributed by atoms with Crippen molar-refractivity contribution in [1.82, 2.24) is 19.5 Å². The van der Waals surface area contributed by atoms with Gasteiger partial charge >= 0.3 is 18.2 Å². The predicted molar refractivity (Wildman–Crippen MR) is 155 cm³/mol. The second-order valence-electron chi connectivity index (χ2n) is 10.9. The minimum atomic E-state index is -4.72. The monoisotopic (exact) mass is 670 g/mol. The summed E-state index contributed by atoms with van der Waals surface area (Å²) in [5, 5.41) is 20.1. The third-order valence-electron chi connectivity index (χ3n) is 6.50. The van der Waals surface area contributed by atoms with Crippen molar-refractivity contribution in [3.8, 4) is 16.9 Å². The van der Waals surface area contributed by atoms with Crippen molar-refractivity contribution in [1.29, 1.82) is 0 Å². The van der Waals surface area contributed by atoms with Crippen molar-refractivity contribution in [3.05, 3.63) is 71.1 Å². The van der Waals surface area contributed by atoms with E-state index in [1.807, 2.05) is 6.92 Å². The van der Waals surface area contributed by atoms with Gasteiger partial charge in [-0.05, 0) is 51.1 Å². The first-order valence-corrected chi connectivity index (χ1v) is 15.0. The number of sulfonamides is 1. The van der Waals surface area contributed by atoms with Crippen molar-refractivity contribution in [2.24, 2.45) is 11.2 Å². The number of nitrogens with one attached hydrogen (secondary N) is 1. The highest BCUT2D eigenvalue weighted by Crippen LogP contribution is 2.33. The molecule has 0 fully saturated rings. The van der Waals surface area contributed by atoms with Crippen LogP contribution in [0.5, 0.6) is 0 Å². The smallest absolute Gasteiger partial charge is 0.435 e. The van der Waals surface area contributed by atoms with Gasteiger partial charge in [-0.3, -0.25) is 4.79 Å². The standard InChI is InChI=1S/C28H33F3N6O8S/c1-18(2)25(38)44-17-45-34-37(40)35(6)27(4,5)16-43-26(39)33-46(41,42)22-13-11-21(12-14-22)36-23(15-24(32-36)28(29,30)31)20-9-7-19(3)8-10-20/h7-15,18H,16-17H2,1-6H3,(H,33,39). The average Bonchev–Trinajstić information content (AvgIpc) is 3.44. The minimum absolute atomic E-state index is 0.0181. The van der Waals surface area contributed by atoms with Crippen molar-refractivity contribution in [3.63, 3.8) is 0 Å². The van der Waals surface area contributed by atoms with Crippen LogP contribution in [0.25, 0.3) is 16.9 Å². The van der Waals surface area contributed by atoms with Crippen LogP contribution >= 0.6 is 0 Å². The molecule has 0 atom stereocenters. The summed E-state index contributed by atoms with van der Waals surface area (Å²) in [5.41, 5.74) is -0.740. The van der Waals surface area contributed by atoms with Crippen LogP contribution in [0.3, 0.4) is 0 Å². The Bertz CT molecular complexity index is 1670. The van der Waals surface area contributed by atoms with E-state index >= 15 is 0 Å². The van der Waals surface area contributed by atoms with Crippen LogP contribution < -0.4 is 4.72 Å². The van der Waals surface area contributed by atoms with E-state index in [0.29, 0.717) is 5.56 Å². The number of hydrogen-bond acceptors (Lipinski definition) is 10. The molecule has 250 valence electrons. The van der Waals surface area contributed by atoms with Gasteiger partial charge in [0.25, 0.3) is 16.8 Å². The van der Waals surface area contributed by atoms with E-state index in [9.17, 15) is 36.4 Å². The molecular weight excluding hydrogens is 637 g/mol. The Kier molecular flexibility index (Phi) is 10.9. The van der Waals surface area contributed by atoms with Gasteiger partial charge in [-0.2, -0.15) is 18.3 Å². The minimum Gasteiger partial charge on any atom is -0.569 e. The Labute approximate surface area is 262 Å². The van der Waals surface area contributed by atoms with Crippen molar-refractivity contribution >= 4 is 22.1 Å². The van der Waals surface area contributed by atoms with E-state index in [1.54, 1.807) is 42.8 Å². The molecule has 3 aromatic rings. The van der Waals surface area contributed by atoms with Gasteiger partial charge in [-0.25, -0.2) is 22.6 Å². The summed E-state index contributed by atoms with van der Waals surface area (Å²) in [6.07, 6.45) is -6.08. The van der Waals surface area contributed by atoms with Gasteiger partial charge in [0.15, 0.2) is 5.69 Å². The summed E-state index contributed by atoms with van der Waals surface area (Å²) in [5.74, 6) is -0.966. The summed E-state index contributed by atoms with van der Waals surface area (Å²) in [6.45, 7) is 6.92. The molecule has 2 aromatic carbocycles.